The standard InChI is InChI=1S/C12H27N/c1-5-7-12(10-13-4)9-6-8-11(2)3/h11-13H,5-10H2,1-4H3. The first-order chi connectivity index (χ1) is 6.20. The van der Waals surface area contributed by atoms with Gasteiger partial charge in [0.1, 0.15) is 0 Å². The van der Waals surface area contributed by atoms with Crippen LogP contribution in [0.2, 0.25) is 0 Å². The molecule has 1 unspecified atom stereocenters. The summed E-state index contributed by atoms with van der Waals surface area (Å²) < 4.78 is 0. The Morgan fingerprint density at radius 3 is 2.23 bits per heavy atom. The van der Waals surface area contributed by atoms with Crippen LogP contribution in [0.1, 0.15) is 52.9 Å². The monoisotopic (exact) mass is 185 g/mol. The summed E-state index contributed by atoms with van der Waals surface area (Å²) in [5, 5.41) is 3.29. The molecule has 0 aromatic heterocycles. The molecule has 0 radical (unpaired) electrons. The Labute approximate surface area is 84.3 Å². The van der Waals surface area contributed by atoms with Crippen LogP contribution in [0.15, 0.2) is 0 Å². The van der Waals surface area contributed by atoms with Crippen molar-refractivity contribution in [2.24, 2.45) is 11.8 Å². The van der Waals surface area contributed by atoms with Gasteiger partial charge in [-0.2, -0.15) is 0 Å². The fraction of sp³-hybridized carbons (Fsp3) is 1.00. The second kappa shape index (κ2) is 8.55. The highest BCUT2D eigenvalue weighted by Gasteiger charge is 2.06. The van der Waals surface area contributed by atoms with Crippen molar-refractivity contribution in [3.8, 4) is 0 Å². The van der Waals surface area contributed by atoms with Gasteiger partial charge in [-0.05, 0) is 38.3 Å². The first kappa shape index (κ1) is 13.0. The molecule has 0 aliphatic rings. The van der Waals surface area contributed by atoms with E-state index >= 15 is 0 Å². The summed E-state index contributed by atoms with van der Waals surface area (Å²) in [4.78, 5) is 0. The molecular weight excluding hydrogens is 158 g/mol. The summed E-state index contributed by atoms with van der Waals surface area (Å²) in [6.45, 7) is 8.11. The summed E-state index contributed by atoms with van der Waals surface area (Å²) in [7, 11) is 2.06. The molecule has 80 valence electrons. The van der Waals surface area contributed by atoms with Gasteiger partial charge in [-0.25, -0.2) is 0 Å². The van der Waals surface area contributed by atoms with E-state index in [0.717, 1.165) is 11.8 Å². The smallest absolute Gasteiger partial charge is 0.00235 e. The quantitative estimate of drug-likeness (QED) is 0.611. The Balaban J connectivity index is 3.44. The predicted octanol–water partition coefficient (Wildman–Crippen LogP) is 3.45. The van der Waals surface area contributed by atoms with E-state index in [1.54, 1.807) is 0 Å². The molecule has 1 atom stereocenters. The molecule has 0 saturated heterocycles. The molecule has 1 N–H and O–H groups in total. The van der Waals surface area contributed by atoms with E-state index in [4.69, 9.17) is 0 Å². The van der Waals surface area contributed by atoms with E-state index in [1.165, 1.54) is 38.6 Å². The number of hydrogen-bond acceptors (Lipinski definition) is 1. The summed E-state index contributed by atoms with van der Waals surface area (Å²) in [6.07, 6.45) is 6.92. The largest absolute Gasteiger partial charge is 0.319 e. The average molecular weight is 185 g/mol. The summed E-state index contributed by atoms with van der Waals surface area (Å²) >= 11 is 0. The fourth-order valence-corrected chi connectivity index (χ4v) is 1.86. The third-order valence-electron chi connectivity index (χ3n) is 2.58. The molecule has 0 spiro atoms. The molecule has 0 saturated carbocycles. The van der Waals surface area contributed by atoms with Gasteiger partial charge in [-0.3, -0.25) is 0 Å². The van der Waals surface area contributed by atoms with Gasteiger partial charge in [0.15, 0.2) is 0 Å². The Bertz CT molecular complexity index is 93.3. The van der Waals surface area contributed by atoms with E-state index < -0.39 is 0 Å². The normalized spacial score (nSPS) is 13.6. The fourth-order valence-electron chi connectivity index (χ4n) is 1.86. The van der Waals surface area contributed by atoms with Crippen LogP contribution in [0.4, 0.5) is 0 Å². The minimum Gasteiger partial charge on any atom is -0.319 e. The molecule has 0 aromatic carbocycles. The van der Waals surface area contributed by atoms with E-state index in [1.807, 2.05) is 0 Å². The van der Waals surface area contributed by atoms with Gasteiger partial charge in [0.05, 0.1) is 0 Å². The Morgan fingerprint density at radius 1 is 1.08 bits per heavy atom. The van der Waals surface area contributed by atoms with Gasteiger partial charge in [-0.1, -0.05) is 40.0 Å². The lowest BCUT2D eigenvalue weighted by Crippen LogP contribution is -2.18. The van der Waals surface area contributed by atoms with Gasteiger partial charge < -0.3 is 5.32 Å². The molecule has 0 aliphatic carbocycles. The lowest BCUT2D eigenvalue weighted by atomic mass is 9.95. The van der Waals surface area contributed by atoms with Crippen molar-refractivity contribution in [2.45, 2.75) is 52.9 Å². The molecule has 0 aromatic rings. The van der Waals surface area contributed by atoms with Crippen molar-refractivity contribution >= 4 is 0 Å². The van der Waals surface area contributed by atoms with Crippen LogP contribution in [0.25, 0.3) is 0 Å². The molecule has 0 amide bonds. The zero-order valence-corrected chi connectivity index (χ0v) is 9.90. The second-order valence-corrected chi connectivity index (χ2v) is 4.54. The first-order valence-corrected chi connectivity index (χ1v) is 5.85. The van der Waals surface area contributed by atoms with Crippen molar-refractivity contribution in [1.82, 2.24) is 5.32 Å². The molecule has 0 bridgehead atoms. The Hall–Kier alpha value is -0.0400. The zero-order chi connectivity index (χ0) is 10.1. The second-order valence-electron chi connectivity index (χ2n) is 4.54. The van der Waals surface area contributed by atoms with Crippen LogP contribution in [0, 0.1) is 11.8 Å². The van der Waals surface area contributed by atoms with Gasteiger partial charge in [0, 0.05) is 0 Å². The minimum atomic E-state index is 0.872. The number of nitrogens with one attached hydrogen (secondary N) is 1. The number of rotatable bonds is 8. The third-order valence-corrected chi connectivity index (χ3v) is 2.58. The zero-order valence-electron chi connectivity index (χ0n) is 9.90. The molecule has 1 heteroatoms. The van der Waals surface area contributed by atoms with Crippen LogP contribution < -0.4 is 5.32 Å². The lowest BCUT2D eigenvalue weighted by Gasteiger charge is -2.15. The molecule has 0 heterocycles. The number of hydrogen-bond donors (Lipinski definition) is 1. The maximum absolute atomic E-state index is 3.29. The van der Waals surface area contributed by atoms with Crippen molar-refractivity contribution in [3.05, 3.63) is 0 Å². The molecule has 0 aliphatic heterocycles. The molecule has 1 nitrogen and oxygen atoms in total. The van der Waals surface area contributed by atoms with Crippen molar-refractivity contribution in [3.63, 3.8) is 0 Å². The van der Waals surface area contributed by atoms with Crippen molar-refractivity contribution in [2.75, 3.05) is 13.6 Å². The highest BCUT2D eigenvalue weighted by Crippen LogP contribution is 2.16. The molecule has 13 heavy (non-hydrogen) atoms. The summed E-state index contributed by atoms with van der Waals surface area (Å²) in [6, 6.07) is 0. The van der Waals surface area contributed by atoms with Crippen LogP contribution >= 0.6 is 0 Å². The van der Waals surface area contributed by atoms with E-state index in [-0.39, 0.29) is 0 Å². The average Bonchev–Trinajstić information content (AvgIpc) is 2.04. The van der Waals surface area contributed by atoms with Crippen LogP contribution in [0.3, 0.4) is 0 Å². The highest BCUT2D eigenvalue weighted by molar-refractivity contribution is 4.61. The summed E-state index contributed by atoms with van der Waals surface area (Å²) in [5.41, 5.74) is 0. The lowest BCUT2D eigenvalue weighted by molar-refractivity contribution is 0.395. The van der Waals surface area contributed by atoms with Gasteiger partial charge >= 0.3 is 0 Å². The van der Waals surface area contributed by atoms with Crippen LogP contribution in [-0.4, -0.2) is 13.6 Å². The van der Waals surface area contributed by atoms with E-state index in [2.05, 4.69) is 33.1 Å². The van der Waals surface area contributed by atoms with Gasteiger partial charge in [0.2, 0.25) is 0 Å². The third kappa shape index (κ3) is 8.29. The van der Waals surface area contributed by atoms with Gasteiger partial charge in [-0.15, -0.1) is 0 Å². The van der Waals surface area contributed by atoms with Crippen molar-refractivity contribution < 1.29 is 0 Å². The molecule has 0 rings (SSSR count). The summed E-state index contributed by atoms with van der Waals surface area (Å²) in [5.74, 6) is 1.78. The predicted molar refractivity (Wildman–Crippen MR) is 61.0 cm³/mol. The molecular formula is C12H27N. The van der Waals surface area contributed by atoms with E-state index in [0.29, 0.717) is 0 Å². The van der Waals surface area contributed by atoms with Crippen LogP contribution in [-0.2, 0) is 0 Å². The Kier molecular flexibility index (Phi) is 8.53. The first-order valence-electron chi connectivity index (χ1n) is 5.85. The van der Waals surface area contributed by atoms with Gasteiger partial charge in [0.25, 0.3) is 0 Å². The van der Waals surface area contributed by atoms with Crippen LogP contribution in [0.5, 0.6) is 0 Å². The van der Waals surface area contributed by atoms with E-state index in [9.17, 15) is 0 Å². The Morgan fingerprint density at radius 2 is 1.77 bits per heavy atom. The minimum absolute atomic E-state index is 0.872. The highest BCUT2D eigenvalue weighted by atomic mass is 14.8. The maximum Gasteiger partial charge on any atom is -0.00235 e. The molecule has 0 fully saturated rings. The maximum atomic E-state index is 3.29. The van der Waals surface area contributed by atoms with Crippen molar-refractivity contribution in [1.29, 1.82) is 0 Å². The topological polar surface area (TPSA) is 12.0 Å². The SMILES string of the molecule is CCCC(CCCC(C)C)CNC.